The first-order valence-electron chi connectivity index (χ1n) is 4.80. The Balaban J connectivity index is 2.09. The second-order valence-electron chi connectivity index (χ2n) is 3.58. The lowest BCUT2D eigenvalue weighted by molar-refractivity contribution is 0.259. The maximum Gasteiger partial charge on any atom is 0.314 e. The van der Waals surface area contributed by atoms with Crippen LogP contribution in [0, 0.1) is 0 Å². The van der Waals surface area contributed by atoms with Crippen LogP contribution in [0.3, 0.4) is 0 Å². The van der Waals surface area contributed by atoms with Gasteiger partial charge in [-0.15, -0.1) is 0 Å². The van der Waals surface area contributed by atoms with Gasteiger partial charge in [-0.05, 0) is 47.6 Å². The van der Waals surface area contributed by atoms with Crippen molar-refractivity contribution in [2.75, 3.05) is 0 Å². The summed E-state index contributed by atoms with van der Waals surface area (Å²) >= 11 is 5.19. The Morgan fingerprint density at radius 2 is 2.14 bits per heavy atom. The second kappa shape index (κ2) is 4.01. The maximum atomic E-state index is 10.5. The molecule has 0 fully saturated rings. The number of halogens is 1. The molecule has 0 aromatic heterocycles. The summed E-state index contributed by atoms with van der Waals surface area (Å²) < 4.78 is 0. The van der Waals surface area contributed by atoms with Gasteiger partial charge < -0.3 is 5.32 Å². The van der Waals surface area contributed by atoms with Crippen LogP contribution in [0.15, 0.2) is 18.2 Å². The van der Waals surface area contributed by atoms with Gasteiger partial charge >= 0.3 is 5.37 Å². The van der Waals surface area contributed by atoms with Crippen LogP contribution in [-0.4, -0.2) is 5.37 Å². The minimum Gasteiger partial charge on any atom is -0.339 e. The van der Waals surface area contributed by atoms with Crippen LogP contribution in [0.2, 0.25) is 0 Å². The van der Waals surface area contributed by atoms with Gasteiger partial charge in [0.1, 0.15) is 0 Å². The summed E-state index contributed by atoms with van der Waals surface area (Å²) in [6, 6.07) is 6.37. The van der Waals surface area contributed by atoms with Gasteiger partial charge in [-0.1, -0.05) is 18.2 Å². The van der Waals surface area contributed by atoms with E-state index in [4.69, 9.17) is 11.6 Å². The predicted molar refractivity (Wildman–Crippen MR) is 56.6 cm³/mol. The number of aryl methyl sites for hydroxylation is 2. The van der Waals surface area contributed by atoms with Crippen molar-refractivity contribution in [2.24, 2.45) is 0 Å². The van der Waals surface area contributed by atoms with Crippen molar-refractivity contribution in [3.8, 4) is 0 Å². The Bertz CT molecular complexity index is 362. The van der Waals surface area contributed by atoms with Crippen molar-refractivity contribution in [1.29, 1.82) is 0 Å². The Morgan fingerprint density at radius 3 is 2.93 bits per heavy atom. The first-order chi connectivity index (χ1) is 6.75. The molecule has 1 N–H and O–H groups in total. The van der Waals surface area contributed by atoms with E-state index in [0.717, 1.165) is 12.0 Å². The molecule has 0 aliphatic heterocycles. The summed E-state index contributed by atoms with van der Waals surface area (Å²) in [4.78, 5) is 10.5. The summed E-state index contributed by atoms with van der Waals surface area (Å²) in [5.74, 6) is 0. The van der Waals surface area contributed by atoms with Gasteiger partial charge in [0.2, 0.25) is 0 Å². The highest BCUT2D eigenvalue weighted by Crippen LogP contribution is 2.22. The SMILES string of the molecule is O=C(Cl)NCc1ccc2c(c1)CCC2. The van der Waals surface area contributed by atoms with E-state index in [0.29, 0.717) is 6.54 Å². The Kier molecular flexibility index (Phi) is 2.73. The predicted octanol–water partition coefficient (Wildman–Crippen LogP) is 2.62. The largest absolute Gasteiger partial charge is 0.339 e. The smallest absolute Gasteiger partial charge is 0.314 e. The summed E-state index contributed by atoms with van der Waals surface area (Å²) in [6.45, 7) is 0.523. The molecule has 2 nitrogen and oxygen atoms in total. The van der Waals surface area contributed by atoms with E-state index in [1.165, 1.54) is 24.0 Å². The van der Waals surface area contributed by atoms with Crippen LogP contribution in [-0.2, 0) is 19.4 Å². The molecular formula is C11H12ClNO. The van der Waals surface area contributed by atoms with Crippen molar-refractivity contribution < 1.29 is 4.79 Å². The standard InChI is InChI=1S/C11H12ClNO/c12-11(14)13-7-8-4-5-9-2-1-3-10(9)6-8/h4-6H,1-3,7H2,(H,13,14). The summed E-state index contributed by atoms with van der Waals surface area (Å²) in [5.41, 5.74) is 4.00. The Hall–Kier alpha value is -1.02. The van der Waals surface area contributed by atoms with Crippen LogP contribution in [0.4, 0.5) is 4.79 Å². The van der Waals surface area contributed by atoms with Crippen molar-refractivity contribution >= 4 is 17.0 Å². The van der Waals surface area contributed by atoms with Gasteiger partial charge in [-0.3, -0.25) is 4.79 Å². The third kappa shape index (κ3) is 2.07. The number of benzene rings is 1. The fourth-order valence-electron chi connectivity index (χ4n) is 1.91. The summed E-state index contributed by atoms with van der Waals surface area (Å²) in [5, 5.41) is 2.08. The highest BCUT2D eigenvalue weighted by atomic mass is 35.5. The molecule has 0 atom stereocenters. The van der Waals surface area contributed by atoms with Crippen LogP contribution in [0.25, 0.3) is 0 Å². The third-order valence-corrected chi connectivity index (χ3v) is 2.73. The first-order valence-corrected chi connectivity index (χ1v) is 5.17. The van der Waals surface area contributed by atoms with E-state index in [9.17, 15) is 4.79 Å². The zero-order valence-electron chi connectivity index (χ0n) is 7.85. The van der Waals surface area contributed by atoms with E-state index in [2.05, 4.69) is 23.5 Å². The zero-order valence-corrected chi connectivity index (χ0v) is 8.60. The molecule has 0 spiro atoms. The number of hydrogen-bond acceptors (Lipinski definition) is 1. The van der Waals surface area contributed by atoms with Crippen LogP contribution >= 0.6 is 11.6 Å². The molecular weight excluding hydrogens is 198 g/mol. The molecule has 74 valence electrons. The number of nitrogens with one attached hydrogen (secondary N) is 1. The van der Waals surface area contributed by atoms with E-state index in [-0.39, 0.29) is 0 Å². The quantitative estimate of drug-likeness (QED) is 0.589. The summed E-state index contributed by atoms with van der Waals surface area (Å²) in [6.07, 6.45) is 3.61. The third-order valence-electron chi connectivity index (χ3n) is 2.59. The normalized spacial score (nSPS) is 13.8. The minimum absolute atomic E-state index is 0.495. The zero-order chi connectivity index (χ0) is 9.97. The van der Waals surface area contributed by atoms with Gasteiger partial charge in [0.25, 0.3) is 0 Å². The number of amides is 1. The molecule has 0 bridgehead atoms. The topological polar surface area (TPSA) is 29.1 Å². The molecule has 14 heavy (non-hydrogen) atoms. The molecule has 3 heteroatoms. The average Bonchev–Trinajstić information content (AvgIpc) is 2.61. The van der Waals surface area contributed by atoms with Gasteiger partial charge in [-0.25, -0.2) is 0 Å². The van der Waals surface area contributed by atoms with E-state index >= 15 is 0 Å². The first kappa shape index (κ1) is 9.53. The van der Waals surface area contributed by atoms with Crippen molar-refractivity contribution in [3.05, 3.63) is 34.9 Å². The molecule has 1 amide bonds. The van der Waals surface area contributed by atoms with E-state index < -0.39 is 5.37 Å². The molecule has 0 heterocycles. The summed E-state index contributed by atoms with van der Waals surface area (Å²) in [7, 11) is 0. The van der Waals surface area contributed by atoms with Gasteiger partial charge in [0.15, 0.2) is 0 Å². The van der Waals surface area contributed by atoms with Crippen LogP contribution in [0.5, 0.6) is 0 Å². The Labute approximate surface area is 88.3 Å². The monoisotopic (exact) mass is 209 g/mol. The number of hydrogen-bond donors (Lipinski definition) is 1. The molecule has 0 saturated heterocycles. The molecule has 0 radical (unpaired) electrons. The number of rotatable bonds is 2. The lowest BCUT2D eigenvalue weighted by Gasteiger charge is -2.04. The molecule has 2 rings (SSSR count). The molecule has 1 aliphatic rings. The van der Waals surface area contributed by atoms with E-state index in [1.54, 1.807) is 0 Å². The molecule has 1 aromatic carbocycles. The average molecular weight is 210 g/mol. The minimum atomic E-state index is -0.495. The van der Waals surface area contributed by atoms with Crippen molar-refractivity contribution in [3.63, 3.8) is 0 Å². The fourth-order valence-corrected chi connectivity index (χ4v) is 1.97. The molecule has 1 aromatic rings. The van der Waals surface area contributed by atoms with Crippen molar-refractivity contribution in [2.45, 2.75) is 25.8 Å². The second-order valence-corrected chi connectivity index (χ2v) is 3.93. The van der Waals surface area contributed by atoms with E-state index in [1.807, 2.05) is 0 Å². The number of carbonyl (C=O) groups excluding carboxylic acids is 1. The lowest BCUT2D eigenvalue weighted by atomic mass is 10.1. The highest BCUT2D eigenvalue weighted by molar-refractivity contribution is 6.62. The molecule has 0 saturated carbocycles. The Morgan fingerprint density at radius 1 is 1.36 bits per heavy atom. The van der Waals surface area contributed by atoms with Gasteiger partial charge in [0.05, 0.1) is 0 Å². The van der Waals surface area contributed by atoms with Crippen LogP contribution in [0.1, 0.15) is 23.1 Å². The van der Waals surface area contributed by atoms with Gasteiger partial charge in [-0.2, -0.15) is 0 Å². The molecule has 1 aliphatic carbocycles. The maximum absolute atomic E-state index is 10.5. The number of fused-ring (bicyclic) bond motifs is 1. The fraction of sp³-hybridized carbons (Fsp3) is 0.364. The lowest BCUT2D eigenvalue weighted by Crippen LogP contribution is -2.15. The van der Waals surface area contributed by atoms with Gasteiger partial charge in [0, 0.05) is 6.54 Å². The van der Waals surface area contributed by atoms with Crippen LogP contribution < -0.4 is 5.32 Å². The highest BCUT2D eigenvalue weighted by Gasteiger charge is 2.10. The van der Waals surface area contributed by atoms with Crippen molar-refractivity contribution in [1.82, 2.24) is 5.32 Å². The number of carbonyl (C=O) groups is 1. The molecule has 0 unspecified atom stereocenters.